The summed E-state index contributed by atoms with van der Waals surface area (Å²) in [6.45, 7) is 1.99. The van der Waals surface area contributed by atoms with Gasteiger partial charge >= 0.3 is 0 Å². The summed E-state index contributed by atoms with van der Waals surface area (Å²) in [6.07, 6.45) is 1.87. The maximum absolute atomic E-state index is 11.9. The third-order valence-electron chi connectivity index (χ3n) is 3.85. The van der Waals surface area contributed by atoms with Crippen molar-refractivity contribution >= 4 is 40.7 Å². The van der Waals surface area contributed by atoms with Gasteiger partial charge in [0, 0.05) is 17.3 Å². The number of benzene rings is 2. The largest absolute Gasteiger partial charge is 0.482 e. The predicted molar refractivity (Wildman–Crippen MR) is 116 cm³/mol. The number of halogens is 2. The van der Waals surface area contributed by atoms with Crippen molar-refractivity contribution in [2.45, 2.75) is 26.2 Å². The molecule has 0 radical (unpaired) electrons. The van der Waals surface area contributed by atoms with Gasteiger partial charge in [-0.25, -0.2) is 5.43 Å². The lowest BCUT2D eigenvalue weighted by Gasteiger charge is -2.08. The van der Waals surface area contributed by atoms with Gasteiger partial charge in [0.1, 0.15) is 5.75 Å². The molecule has 2 amide bonds. The fourth-order valence-electron chi connectivity index (χ4n) is 2.43. The Morgan fingerprint density at radius 2 is 1.83 bits per heavy atom. The van der Waals surface area contributed by atoms with Crippen LogP contribution in [0, 0.1) is 0 Å². The first-order valence-electron chi connectivity index (χ1n) is 9.14. The second kappa shape index (κ2) is 12.1. The van der Waals surface area contributed by atoms with Gasteiger partial charge in [-0.3, -0.25) is 9.59 Å². The van der Waals surface area contributed by atoms with E-state index in [-0.39, 0.29) is 18.9 Å². The fourth-order valence-corrected chi connectivity index (χ4v) is 2.89. The Morgan fingerprint density at radius 1 is 1.07 bits per heavy atom. The van der Waals surface area contributed by atoms with E-state index >= 15 is 0 Å². The molecular weight excluding hydrogens is 413 g/mol. The summed E-state index contributed by atoms with van der Waals surface area (Å²) in [7, 11) is 0. The molecule has 0 aliphatic carbocycles. The molecule has 154 valence electrons. The molecule has 6 nitrogen and oxygen atoms in total. The first-order valence-corrected chi connectivity index (χ1v) is 9.90. The number of nitrogens with one attached hydrogen (secondary N) is 2. The number of hydrogen-bond acceptors (Lipinski definition) is 4. The molecule has 0 saturated carbocycles. The van der Waals surface area contributed by atoms with Crippen molar-refractivity contribution in [3.05, 3.63) is 64.1 Å². The molecule has 8 heteroatoms. The zero-order chi connectivity index (χ0) is 21.1. The van der Waals surface area contributed by atoms with E-state index in [1.807, 2.05) is 18.2 Å². The van der Waals surface area contributed by atoms with Crippen molar-refractivity contribution in [2.75, 3.05) is 13.2 Å². The van der Waals surface area contributed by atoms with Crippen LogP contribution in [0.2, 0.25) is 10.0 Å². The van der Waals surface area contributed by atoms with Gasteiger partial charge in [0.25, 0.3) is 5.91 Å². The number of aryl methyl sites for hydroxylation is 1. The molecule has 0 aliphatic heterocycles. The van der Waals surface area contributed by atoms with Crippen LogP contribution in [0.5, 0.6) is 5.75 Å². The van der Waals surface area contributed by atoms with Crippen LogP contribution in [-0.2, 0) is 16.0 Å². The van der Waals surface area contributed by atoms with Crippen LogP contribution >= 0.6 is 23.2 Å². The number of rotatable bonds is 10. The highest BCUT2D eigenvalue weighted by Crippen LogP contribution is 2.27. The zero-order valence-electron chi connectivity index (χ0n) is 16.1. The summed E-state index contributed by atoms with van der Waals surface area (Å²) >= 11 is 11.8. The number of hydrazone groups is 1. The third-order valence-corrected chi connectivity index (χ3v) is 4.38. The number of carbonyl (C=O) groups is 2. The summed E-state index contributed by atoms with van der Waals surface area (Å²) in [5, 5.41) is 7.55. The minimum Gasteiger partial charge on any atom is -0.482 e. The molecule has 2 N–H and O–H groups in total. The summed E-state index contributed by atoms with van der Waals surface area (Å²) in [5.74, 6) is -0.252. The number of nitrogens with zero attached hydrogens (tertiary/aromatic N) is 1. The quantitative estimate of drug-likeness (QED) is 0.336. The molecule has 2 aromatic carbocycles. The molecule has 0 unspecified atom stereocenters. The van der Waals surface area contributed by atoms with Gasteiger partial charge in [0.2, 0.25) is 5.91 Å². The van der Waals surface area contributed by atoms with Crippen molar-refractivity contribution in [2.24, 2.45) is 5.10 Å². The van der Waals surface area contributed by atoms with E-state index in [0.717, 1.165) is 12.8 Å². The minimum absolute atomic E-state index is 0.107. The standard InChI is InChI=1S/C21H23Cl2N3O3/c1-15(12-20(27)24-11-5-8-16-6-3-2-4-7-16)25-26-21(28)14-29-19-10-9-17(22)13-18(19)23/h2-4,6-7,9-10,13H,5,8,11-12,14H2,1H3,(H,24,27)(H,26,28). The Labute approximate surface area is 180 Å². The van der Waals surface area contributed by atoms with Crippen LogP contribution < -0.4 is 15.5 Å². The molecule has 0 heterocycles. The maximum atomic E-state index is 11.9. The first kappa shape index (κ1) is 22.7. The second-order valence-corrected chi connectivity index (χ2v) is 7.20. The van der Waals surface area contributed by atoms with Crippen molar-refractivity contribution in [3.8, 4) is 5.75 Å². The van der Waals surface area contributed by atoms with Gasteiger partial charge < -0.3 is 10.1 Å². The molecule has 0 spiro atoms. The van der Waals surface area contributed by atoms with Crippen molar-refractivity contribution in [1.82, 2.24) is 10.7 Å². The third kappa shape index (κ3) is 8.98. The van der Waals surface area contributed by atoms with E-state index < -0.39 is 5.91 Å². The van der Waals surface area contributed by atoms with E-state index in [9.17, 15) is 9.59 Å². The number of ether oxygens (including phenoxy) is 1. The van der Waals surface area contributed by atoms with E-state index in [0.29, 0.717) is 28.1 Å². The number of amides is 2. The molecule has 29 heavy (non-hydrogen) atoms. The smallest absolute Gasteiger partial charge is 0.277 e. The van der Waals surface area contributed by atoms with Crippen molar-refractivity contribution < 1.29 is 14.3 Å². The Bertz CT molecular complexity index is 858. The van der Waals surface area contributed by atoms with Gasteiger partial charge in [-0.15, -0.1) is 0 Å². The summed E-state index contributed by atoms with van der Waals surface area (Å²) in [5.41, 5.74) is 4.08. The van der Waals surface area contributed by atoms with Crippen LogP contribution in [0.3, 0.4) is 0 Å². The molecule has 0 aromatic heterocycles. The Kier molecular flexibility index (Phi) is 9.47. The van der Waals surface area contributed by atoms with E-state index in [1.165, 1.54) is 11.6 Å². The monoisotopic (exact) mass is 435 g/mol. The molecule has 0 aliphatic rings. The van der Waals surface area contributed by atoms with Crippen LogP contribution in [0.25, 0.3) is 0 Å². The van der Waals surface area contributed by atoms with Crippen molar-refractivity contribution in [3.63, 3.8) is 0 Å². The van der Waals surface area contributed by atoms with Crippen LogP contribution in [-0.4, -0.2) is 30.7 Å². The zero-order valence-corrected chi connectivity index (χ0v) is 17.6. The van der Waals surface area contributed by atoms with E-state index in [4.69, 9.17) is 27.9 Å². The number of carbonyl (C=O) groups excluding carboxylic acids is 2. The SMILES string of the molecule is CC(CC(=O)NCCCc1ccccc1)=NNC(=O)COc1ccc(Cl)cc1Cl. The highest BCUT2D eigenvalue weighted by Gasteiger charge is 2.07. The highest BCUT2D eigenvalue weighted by molar-refractivity contribution is 6.35. The topological polar surface area (TPSA) is 79.8 Å². The summed E-state index contributed by atoms with van der Waals surface area (Å²) < 4.78 is 5.32. The normalized spacial score (nSPS) is 11.1. The lowest BCUT2D eigenvalue weighted by molar-refractivity contribution is -0.123. The van der Waals surface area contributed by atoms with E-state index in [1.54, 1.807) is 19.1 Å². The van der Waals surface area contributed by atoms with E-state index in [2.05, 4.69) is 28.0 Å². The lowest BCUT2D eigenvalue weighted by Crippen LogP contribution is -2.29. The maximum Gasteiger partial charge on any atom is 0.277 e. The van der Waals surface area contributed by atoms with Crippen molar-refractivity contribution in [1.29, 1.82) is 0 Å². The molecule has 0 bridgehead atoms. The number of hydrogen-bond donors (Lipinski definition) is 2. The molecule has 2 rings (SSSR count). The van der Waals surface area contributed by atoms with Gasteiger partial charge in [0.15, 0.2) is 6.61 Å². The Balaban J connectivity index is 1.63. The minimum atomic E-state index is -0.460. The fraction of sp³-hybridized carbons (Fsp3) is 0.286. The lowest BCUT2D eigenvalue weighted by atomic mass is 10.1. The predicted octanol–water partition coefficient (Wildman–Crippen LogP) is 4.00. The highest BCUT2D eigenvalue weighted by atomic mass is 35.5. The molecule has 0 saturated heterocycles. The van der Waals surface area contributed by atoms with Crippen LogP contribution in [0.15, 0.2) is 53.6 Å². The molecule has 0 fully saturated rings. The molecule has 2 aromatic rings. The van der Waals surface area contributed by atoms with Crippen LogP contribution in [0.1, 0.15) is 25.3 Å². The average Bonchev–Trinajstić information content (AvgIpc) is 2.70. The molecule has 0 atom stereocenters. The average molecular weight is 436 g/mol. The Morgan fingerprint density at radius 3 is 2.55 bits per heavy atom. The van der Waals surface area contributed by atoms with Gasteiger partial charge in [-0.1, -0.05) is 53.5 Å². The van der Waals surface area contributed by atoms with Gasteiger partial charge in [0.05, 0.1) is 11.4 Å². The molecular formula is C21H23Cl2N3O3. The van der Waals surface area contributed by atoms with Crippen LogP contribution in [0.4, 0.5) is 0 Å². The van der Waals surface area contributed by atoms with Gasteiger partial charge in [-0.05, 0) is 43.5 Å². The summed E-state index contributed by atoms with van der Waals surface area (Å²) in [4.78, 5) is 23.7. The second-order valence-electron chi connectivity index (χ2n) is 6.36. The Hall–Kier alpha value is -2.57. The summed E-state index contributed by atoms with van der Waals surface area (Å²) in [6, 6.07) is 14.8. The first-order chi connectivity index (χ1) is 13.9. The van der Waals surface area contributed by atoms with Gasteiger partial charge in [-0.2, -0.15) is 5.10 Å².